The number of carbonyl (C=O) groups is 2. The van der Waals surface area contributed by atoms with Gasteiger partial charge in [-0.2, -0.15) is 5.10 Å². The molecule has 2 amide bonds. The van der Waals surface area contributed by atoms with Crippen LogP contribution in [0.1, 0.15) is 35.3 Å². The minimum Gasteiger partial charge on any atom is -0.478 e. The first kappa shape index (κ1) is 16.4. The smallest absolute Gasteiger partial charge is 0.274 e. The van der Waals surface area contributed by atoms with Crippen molar-refractivity contribution in [2.45, 2.75) is 38.8 Å². The van der Waals surface area contributed by atoms with E-state index in [0.29, 0.717) is 51.0 Å². The number of rotatable bonds is 2. The molecule has 0 N–H and O–H groups in total. The van der Waals surface area contributed by atoms with Crippen molar-refractivity contribution in [2.24, 2.45) is 0 Å². The maximum Gasteiger partial charge on any atom is 0.274 e. The molecule has 8 nitrogen and oxygen atoms in total. The molecule has 25 heavy (non-hydrogen) atoms. The largest absolute Gasteiger partial charge is 0.478 e. The predicted molar refractivity (Wildman–Crippen MR) is 88.5 cm³/mol. The van der Waals surface area contributed by atoms with Gasteiger partial charge in [0.25, 0.3) is 11.8 Å². The van der Waals surface area contributed by atoms with Gasteiger partial charge in [-0.3, -0.25) is 9.59 Å². The molecule has 0 saturated carbocycles. The number of hydrogen-bond donors (Lipinski definition) is 0. The van der Waals surface area contributed by atoms with E-state index in [0.717, 1.165) is 31.4 Å². The minimum atomic E-state index is -0.290. The van der Waals surface area contributed by atoms with Crippen molar-refractivity contribution in [1.82, 2.24) is 19.6 Å². The van der Waals surface area contributed by atoms with Gasteiger partial charge < -0.3 is 19.3 Å². The molecule has 2 fully saturated rings. The third-order valence-electron chi connectivity index (χ3n) is 5.17. The number of fused-ring (bicyclic) bond motifs is 1. The lowest BCUT2D eigenvalue weighted by Crippen LogP contribution is -2.53. The van der Waals surface area contributed by atoms with Crippen molar-refractivity contribution in [1.29, 1.82) is 0 Å². The second-order valence-corrected chi connectivity index (χ2v) is 6.82. The van der Waals surface area contributed by atoms with E-state index < -0.39 is 0 Å². The molecule has 0 bridgehead atoms. The van der Waals surface area contributed by atoms with Crippen LogP contribution in [0.5, 0.6) is 5.88 Å². The summed E-state index contributed by atoms with van der Waals surface area (Å²) in [6.07, 6.45) is 2.37. The zero-order valence-electron chi connectivity index (χ0n) is 14.6. The molecule has 2 saturated heterocycles. The molecule has 1 aromatic rings. The average Bonchev–Trinajstić information content (AvgIpc) is 3.30. The van der Waals surface area contributed by atoms with E-state index in [-0.39, 0.29) is 17.9 Å². The monoisotopic (exact) mass is 348 g/mol. The highest BCUT2D eigenvalue weighted by molar-refractivity contribution is 5.94. The SMILES string of the molecule is Cc1c(C(=O)N2CCN(C(=O)C3CCCO3)CC2)nn2c1OCCC2. The van der Waals surface area contributed by atoms with Crippen LogP contribution in [0.3, 0.4) is 0 Å². The molecule has 0 radical (unpaired) electrons. The Morgan fingerprint density at radius 1 is 1.04 bits per heavy atom. The number of piperazine rings is 1. The molecule has 0 aromatic carbocycles. The Bertz CT molecular complexity index is 672. The molecular formula is C17H24N4O4. The molecule has 1 atom stereocenters. The van der Waals surface area contributed by atoms with Gasteiger partial charge in [-0.05, 0) is 19.8 Å². The Balaban J connectivity index is 1.40. The lowest BCUT2D eigenvalue weighted by molar-refractivity contribution is -0.142. The number of aryl methyl sites for hydroxylation is 1. The predicted octanol–water partition coefficient (Wildman–Crippen LogP) is 0.437. The molecule has 8 heteroatoms. The van der Waals surface area contributed by atoms with Gasteiger partial charge in [-0.15, -0.1) is 0 Å². The molecule has 136 valence electrons. The highest BCUT2D eigenvalue weighted by Crippen LogP contribution is 2.26. The van der Waals surface area contributed by atoms with Crippen molar-refractivity contribution in [3.05, 3.63) is 11.3 Å². The molecule has 4 rings (SSSR count). The third-order valence-corrected chi connectivity index (χ3v) is 5.17. The van der Waals surface area contributed by atoms with Crippen molar-refractivity contribution in [2.75, 3.05) is 39.4 Å². The summed E-state index contributed by atoms with van der Waals surface area (Å²) in [5.74, 6) is 0.695. The zero-order valence-corrected chi connectivity index (χ0v) is 14.6. The second kappa shape index (κ2) is 6.67. The van der Waals surface area contributed by atoms with Gasteiger partial charge in [0.15, 0.2) is 5.69 Å². The van der Waals surface area contributed by atoms with Crippen LogP contribution in [-0.4, -0.2) is 76.9 Å². The average molecular weight is 348 g/mol. The molecule has 3 aliphatic rings. The fourth-order valence-electron chi connectivity index (χ4n) is 3.71. The molecule has 3 aliphatic heterocycles. The number of nitrogens with zero attached hydrogens (tertiary/aromatic N) is 4. The fourth-order valence-corrected chi connectivity index (χ4v) is 3.71. The van der Waals surface area contributed by atoms with Crippen LogP contribution in [0, 0.1) is 6.92 Å². The summed E-state index contributed by atoms with van der Waals surface area (Å²) < 4.78 is 12.9. The summed E-state index contributed by atoms with van der Waals surface area (Å²) in [6.45, 7) is 6.16. The highest BCUT2D eigenvalue weighted by Gasteiger charge is 2.33. The van der Waals surface area contributed by atoms with Gasteiger partial charge in [0.05, 0.1) is 6.61 Å². The third kappa shape index (κ3) is 2.99. The van der Waals surface area contributed by atoms with Crippen molar-refractivity contribution < 1.29 is 19.1 Å². The van der Waals surface area contributed by atoms with Crippen LogP contribution >= 0.6 is 0 Å². The van der Waals surface area contributed by atoms with Crippen LogP contribution in [-0.2, 0) is 16.1 Å². The highest BCUT2D eigenvalue weighted by atomic mass is 16.5. The number of hydrogen-bond acceptors (Lipinski definition) is 5. The Morgan fingerprint density at radius 3 is 2.48 bits per heavy atom. The fraction of sp³-hybridized carbons (Fsp3) is 0.706. The van der Waals surface area contributed by atoms with E-state index in [1.54, 1.807) is 9.58 Å². The van der Waals surface area contributed by atoms with Crippen LogP contribution in [0.4, 0.5) is 0 Å². The number of aromatic nitrogens is 2. The number of amides is 2. The first-order valence-corrected chi connectivity index (χ1v) is 9.05. The van der Waals surface area contributed by atoms with E-state index in [4.69, 9.17) is 9.47 Å². The van der Waals surface area contributed by atoms with Crippen LogP contribution in [0.15, 0.2) is 0 Å². The Hall–Kier alpha value is -2.09. The maximum atomic E-state index is 12.8. The number of ether oxygens (including phenoxy) is 2. The summed E-state index contributed by atoms with van der Waals surface area (Å²) in [6, 6.07) is 0. The van der Waals surface area contributed by atoms with Crippen LogP contribution in [0.25, 0.3) is 0 Å². The topological polar surface area (TPSA) is 76.9 Å². The first-order valence-electron chi connectivity index (χ1n) is 9.05. The van der Waals surface area contributed by atoms with E-state index in [1.807, 2.05) is 11.8 Å². The standard InChI is InChI=1S/C17H24N4O4/c1-12-14(18-21-5-3-11-25-17(12)21)16(23)20-8-6-19(7-9-20)15(22)13-4-2-10-24-13/h13H,2-11H2,1H3. The van der Waals surface area contributed by atoms with E-state index in [2.05, 4.69) is 5.10 Å². The van der Waals surface area contributed by atoms with Gasteiger partial charge in [-0.1, -0.05) is 0 Å². The molecule has 0 aliphatic carbocycles. The first-order chi connectivity index (χ1) is 12.1. The molecule has 0 spiro atoms. The van der Waals surface area contributed by atoms with E-state index in [1.165, 1.54) is 0 Å². The van der Waals surface area contributed by atoms with Crippen LogP contribution in [0.2, 0.25) is 0 Å². The lowest BCUT2D eigenvalue weighted by Gasteiger charge is -2.35. The van der Waals surface area contributed by atoms with Gasteiger partial charge in [0.1, 0.15) is 6.10 Å². The maximum absolute atomic E-state index is 12.8. The van der Waals surface area contributed by atoms with E-state index >= 15 is 0 Å². The van der Waals surface area contributed by atoms with Gasteiger partial charge >= 0.3 is 0 Å². The minimum absolute atomic E-state index is 0.0617. The van der Waals surface area contributed by atoms with Crippen molar-refractivity contribution >= 4 is 11.8 Å². The summed E-state index contributed by atoms with van der Waals surface area (Å²) in [5.41, 5.74) is 1.28. The normalized spacial score (nSPS) is 23.3. The molecule has 1 aromatic heterocycles. The summed E-state index contributed by atoms with van der Waals surface area (Å²) in [4.78, 5) is 28.8. The molecule has 4 heterocycles. The Morgan fingerprint density at radius 2 is 1.80 bits per heavy atom. The summed E-state index contributed by atoms with van der Waals surface area (Å²) >= 11 is 0. The van der Waals surface area contributed by atoms with Gasteiger partial charge in [0, 0.05) is 51.3 Å². The van der Waals surface area contributed by atoms with E-state index in [9.17, 15) is 9.59 Å². The summed E-state index contributed by atoms with van der Waals surface area (Å²) in [5, 5.41) is 4.44. The Labute approximate surface area is 146 Å². The zero-order chi connectivity index (χ0) is 17.4. The lowest BCUT2D eigenvalue weighted by atomic mass is 10.2. The second-order valence-electron chi connectivity index (χ2n) is 6.82. The van der Waals surface area contributed by atoms with Gasteiger partial charge in [0.2, 0.25) is 5.88 Å². The van der Waals surface area contributed by atoms with Crippen molar-refractivity contribution in [3.63, 3.8) is 0 Å². The van der Waals surface area contributed by atoms with Crippen molar-refractivity contribution in [3.8, 4) is 5.88 Å². The van der Waals surface area contributed by atoms with Crippen LogP contribution < -0.4 is 4.74 Å². The van der Waals surface area contributed by atoms with Gasteiger partial charge in [-0.25, -0.2) is 4.68 Å². The molecule has 1 unspecified atom stereocenters. The quantitative estimate of drug-likeness (QED) is 0.775. The Kier molecular flexibility index (Phi) is 4.37. The summed E-state index contributed by atoms with van der Waals surface area (Å²) in [7, 11) is 0. The number of carbonyl (C=O) groups excluding carboxylic acids is 2. The molecular weight excluding hydrogens is 324 g/mol.